The number of nitrogens with zero attached hydrogens (tertiary/aromatic N) is 2. The average Bonchev–Trinajstić information content (AvgIpc) is 3.45. The van der Waals surface area contributed by atoms with E-state index in [0.29, 0.717) is 23.0 Å². The van der Waals surface area contributed by atoms with Crippen LogP contribution < -0.4 is 10.2 Å². The summed E-state index contributed by atoms with van der Waals surface area (Å²) in [5, 5.41) is 7.83. The van der Waals surface area contributed by atoms with Gasteiger partial charge in [-0.25, -0.2) is 4.68 Å². The third-order valence-electron chi connectivity index (χ3n) is 5.32. The molecule has 1 aliphatic rings. The van der Waals surface area contributed by atoms with E-state index in [1.165, 1.54) is 17.7 Å². The molecule has 2 aromatic heterocycles. The normalized spacial score (nSPS) is 15.6. The van der Waals surface area contributed by atoms with Crippen molar-refractivity contribution in [2.45, 2.75) is 25.8 Å². The van der Waals surface area contributed by atoms with Gasteiger partial charge in [-0.15, -0.1) is 0 Å². The van der Waals surface area contributed by atoms with Crippen molar-refractivity contribution < 1.29 is 14.1 Å². The van der Waals surface area contributed by atoms with Crippen LogP contribution >= 0.6 is 11.6 Å². The van der Waals surface area contributed by atoms with E-state index in [4.69, 9.17) is 16.0 Å². The number of carbonyl (C=O) groups is 1. The molecule has 28 heavy (non-hydrogen) atoms. The Kier molecular flexibility index (Phi) is 5.50. The van der Waals surface area contributed by atoms with Crippen LogP contribution in [-0.2, 0) is 0 Å². The average molecular weight is 400 g/mol. The fourth-order valence-electron chi connectivity index (χ4n) is 3.89. The number of aryl methyl sites for hydroxylation is 1. The van der Waals surface area contributed by atoms with Crippen molar-refractivity contribution in [3.05, 3.63) is 70.9 Å². The van der Waals surface area contributed by atoms with E-state index >= 15 is 0 Å². The minimum absolute atomic E-state index is 0.102. The molecule has 3 aromatic rings. The van der Waals surface area contributed by atoms with E-state index in [-0.39, 0.29) is 11.9 Å². The van der Waals surface area contributed by atoms with E-state index in [1.54, 1.807) is 17.9 Å². The molecule has 4 rings (SSSR count). The lowest BCUT2D eigenvalue weighted by molar-refractivity contribution is -0.919. The predicted molar refractivity (Wildman–Crippen MR) is 107 cm³/mol. The second kappa shape index (κ2) is 8.20. The van der Waals surface area contributed by atoms with Gasteiger partial charge in [0.15, 0.2) is 11.8 Å². The molecule has 1 atom stereocenters. The maximum Gasteiger partial charge on any atom is 0.256 e. The molecule has 2 N–H and O–H groups in total. The van der Waals surface area contributed by atoms with Gasteiger partial charge in [-0.3, -0.25) is 4.79 Å². The Labute approximate surface area is 169 Å². The molecule has 0 bridgehead atoms. The van der Waals surface area contributed by atoms with Crippen molar-refractivity contribution in [1.82, 2.24) is 15.1 Å². The van der Waals surface area contributed by atoms with Gasteiger partial charge in [-0.1, -0.05) is 29.8 Å². The number of halogens is 1. The number of hydrogen-bond donors (Lipinski definition) is 2. The number of aromatic nitrogens is 2. The molecule has 1 saturated heterocycles. The summed E-state index contributed by atoms with van der Waals surface area (Å²) in [5.74, 6) is 0.694. The monoisotopic (exact) mass is 399 g/mol. The molecule has 0 unspecified atom stereocenters. The molecule has 3 heterocycles. The summed E-state index contributed by atoms with van der Waals surface area (Å²) < 4.78 is 7.24. The van der Waals surface area contributed by atoms with Gasteiger partial charge in [0.2, 0.25) is 0 Å². The van der Waals surface area contributed by atoms with Crippen LogP contribution in [0.15, 0.2) is 53.1 Å². The zero-order valence-electron chi connectivity index (χ0n) is 15.8. The minimum Gasteiger partial charge on any atom is -0.463 e. The van der Waals surface area contributed by atoms with Crippen molar-refractivity contribution >= 4 is 17.5 Å². The molecule has 0 saturated carbocycles. The van der Waals surface area contributed by atoms with Crippen molar-refractivity contribution in [3.8, 4) is 5.69 Å². The molecule has 1 aliphatic heterocycles. The first-order valence-electron chi connectivity index (χ1n) is 9.62. The molecule has 1 fully saturated rings. The Bertz CT molecular complexity index is 931. The van der Waals surface area contributed by atoms with E-state index in [9.17, 15) is 4.79 Å². The zero-order valence-corrected chi connectivity index (χ0v) is 16.6. The number of nitrogens with one attached hydrogen (secondary N) is 2. The third kappa shape index (κ3) is 3.70. The lowest BCUT2D eigenvalue weighted by Gasteiger charge is -2.23. The summed E-state index contributed by atoms with van der Waals surface area (Å²) in [6.45, 7) is 4.48. The lowest BCUT2D eigenvalue weighted by Crippen LogP contribution is -3.11. The number of carbonyl (C=O) groups excluding carboxylic acids is 1. The highest BCUT2D eigenvalue weighted by Crippen LogP contribution is 2.23. The molecule has 0 spiro atoms. The summed E-state index contributed by atoms with van der Waals surface area (Å²) in [4.78, 5) is 14.4. The molecule has 0 aliphatic carbocycles. The fraction of sp³-hybridized carbons (Fsp3) is 0.333. The lowest BCUT2D eigenvalue weighted by atomic mass is 10.2. The first-order chi connectivity index (χ1) is 13.6. The maximum absolute atomic E-state index is 12.9. The van der Waals surface area contributed by atoms with Crippen LogP contribution in [0.25, 0.3) is 5.69 Å². The maximum atomic E-state index is 12.9. The van der Waals surface area contributed by atoms with E-state index in [1.807, 2.05) is 42.5 Å². The van der Waals surface area contributed by atoms with Gasteiger partial charge in [-0.2, -0.15) is 5.10 Å². The first kappa shape index (κ1) is 18.8. The number of likely N-dealkylation sites (tertiary alicyclic amines) is 1. The van der Waals surface area contributed by atoms with E-state index in [0.717, 1.165) is 24.5 Å². The molecule has 6 nitrogen and oxygen atoms in total. The van der Waals surface area contributed by atoms with Crippen molar-refractivity contribution in [2.75, 3.05) is 19.6 Å². The zero-order chi connectivity index (χ0) is 19.5. The first-order valence-corrected chi connectivity index (χ1v) is 9.99. The largest absolute Gasteiger partial charge is 0.463 e. The molecule has 146 valence electrons. The summed E-state index contributed by atoms with van der Waals surface area (Å²) >= 11 is 6.52. The Morgan fingerprint density at radius 1 is 1.25 bits per heavy atom. The van der Waals surface area contributed by atoms with Crippen molar-refractivity contribution in [3.63, 3.8) is 0 Å². The fourth-order valence-corrected chi connectivity index (χ4v) is 4.25. The number of amides is 1. The summed E-state index contributed by atoms with van der Waals surface area (Å²) in [7, 11) is 0. The van der Waals surface area contributed by atoms with Crippen molar-refractivity contribution in [2.24, 2.45) is 0 Å². The van der Waals surface area contributed by atoms with Gasteiger partial charge in [0.05, 0.1) is 42.8 Å². The summed E-state index contributed by atoms with van der Waals surface area (Å²) in [6.07, 6.45) is 4.09. The quantitative estimate of drug-likeness (QED) is 0.669. The minimum atomic E-state index is -0.208. The topological polar surface area (TPSA) is 64.5 Å². The van der Waals surface area contributed by atoms with Gasteiger partial charge >= 0.3 is 0 Å². The highest BCUT2D eigenvalue weighted by Gasteiger charge is 2.30. The Hall–Kier alpha value is -2.57. The van der Waals surface area contributed by atoms with Crippen LogP contribution in [-0.4, -0.2) is 35.3 Å². The van der Waals surface area contributed by atoms with Gasteiger partial charge in [0.1, 0.15) is 5.15 Å². The Balaban J connectivity index is 1.52. The second-order valence-corrected chi connectivity index (χ2v) is 7.50. The molecule has 7 heteroatoms. The molecular formula is C21H24ClN4O2+. The number of furan rings is 1. The van der Waals surface area contributed by atoms with Crippen LogP contribution in [0.1, 0.15) is 40.7 Å². The van der Waals surface area contributed by atoms with E-state index in [2.05, 4.69) is 10.4 Å². The highest BCUT2D eigenvalue weighted by atomic mass is 35.5. The van der Waals surface area contributed by atoms with Crippen LogP contribution in [0.4, 0.5) is 0 Å². The van der Waals surface area contributed by atoms with Crippen LogP contribution in [0.2, 0.25) is 5.15 Å². The number of benzene rings is 1. The molecule has 1 aromatic carbocycles. The SMILES string of the molecule is Cc1nn(-c2ccccc2)c(Cl)c1C(=O)NC[C@@H](c1ccco1)[NH+]1CCCC1. The van der Waals surface area contributed by atoms with E-state index < -0.39 is 0 Å². The van der Waals surface area contributed by atoms with Gasteiger partial charge in [0.25, 0.3) is 5.91 Å². The predicted octanol–water partition coefficient (Wildman–Crippen LogP) is 2.58. The van der Waals surface area contributed by atoms with Crippen molar-refractivity contribution in [1.29, 1.82) is 0 Å². The Morgan fingerprint density at radius 2 is 2.00 bits per heavy atom. The van der Waals surface area contributed by atoms with Crippen LogP contribution in [0.3, 0.4) is 0 Å². The third-order valence-corrected chi connectivity index (χ3v) is 5.67. The number of hydrogen-bond acceptors (Lipinski definition) is 3. The van der Waals surface area contributed by atoms with Gasteiger partial charge < -0.3 is 14.6 Å². The summed E-state index contributed by atoms with van der Waals surface area (Å²) in [6, 6.07) is 13.5. The molecule has 0 radical (unpaired) electrons. The van der Waals surface area contributed by atoms with Gasteiger partial charge in [-0.05, 0) is 31.2 Å². The summed E-state index contributed by atoms with van der Waals surface area (Å²) in [5.41, 5.74) is 1.85. The molecule has 1 amide bonds. The Morgan fingerprint density at radius 3 is 2.68 bits per heavy atom. The second-order valence-electron chi connectivity index (χ2n) is 7.14. The molecular weight excluding hydrogens is 376 g/mol. The standard InChI is InChI=1S/C21H23ClN4O2/c1-15-19(20(22)26(24-15)16-8-3-2-4-9-16)21(27)23-14-17(18-10-7-13-28-18)25-11-5-6-12-25/h2-4,7-10,13,17H,5-6,11-12,14H2,1H3,(H,23,27)/p+1/t17-/m0/s1. The van der Waals surface area contributed by atoms with Crippen LogP contribution in [0, 0.1) is 6.92 Å². The number of para-hydroxylation sites is 1. The van der Waals surface area contributed by atoms with Crippen LogP contribution in [0.5, 0.6) is 0 Å². The van der Waals surface area contributed by atoms with Gasteiger partial charge in [0, 0.05) is 12.8 Å². The number of quaternary nitrogens is 1. The highest BCUT2D eigenvalue weighted by molar-refractivity contribution is 6.33. The smallest absolute Gasteiger partial charge is 0.256 e. The number of rotatable bonds is 6.